The zero-order valence-corrected chi connectivity index (χ0v) is 11.9. The van der Waals surface area contributed by atoms with Crippen LogP contribution >= 0.6 is 0 Å². The average Bonchev–Trinajstić information content (AvgIpc) is 3.19. The number of rotatable bonds is 7. The van der Waals surface area contributed by atoms with E-state index in [2.05, 4.69) is 48.7 Å². The Kier molecular flexibility index (Phi) is 4.97. The lowest BCUT2D eigenvalue weighted by Crippen LogP contribution is -2.28. The third kappa shape index (κ3) is 5.03. The van der Waals surface area contributed by atoms with E-state index in [4.69, 9.17) is 0 Å². The van der Waals surface area contributed by atoms with E-state index in [-0.39, 0.29) is 5.91 Å². The van der Waals surface area contributed by atoms with Gasteiger partial charge in [-0.2, -0.15) is 0 Å². The number of benzene rings is 1. The lowest BCUT2D eigenvalue weighted by molar-refractivity contribution is -0.121. The number of hydrogen-bond donors (Lipinski definition) is 2. The van der Waals surface area contributed by atoms with Gasteiger partial charge in [0.15, 0.2) is 0 Å². The van der Waals surface area contributed by atoms with E-state index in [1.54, 1.807) is 0 Å². The van der Waals surface area contributed by atoms with Crippen molar-refractivity contribution < 1.29 is 4.79 Å². The zero-order chi connectivity index (χ0) is 13.7. The molecule has 0 aliphatic heterocycles. The Morgan fingerprint density at radius 1 is 1.26 bits per heavy atom. The maximum atomic E-state index is 11.5. The summed E-state index contributed by atoms with van der Waals surface area (Å²) in [6.07, 6.45) is 2.88. The van der Waals surface area contributed by atoms with Crippen molar-refractivity contribution in [1.82, 2.24) is 10.6 Å². The van der Waals surface area contributed by atoms with E-state index in [9.17, 15) is 4.79 Å². The molecule has 19 heavy (non-hydrogen) atoms. The van der Waals surface area contributed by atoms with Crippen LogP contribution in [0.2, 0.25) is 0 Å². The van der Waals surface area contributed by atoms with Gasteiger partial charge in [-0.15, -0.1) is 0 Å². The van der Waals surface area contributed by atoms with Gasteiger partial charge in [0.1, 0.15) is 0 Å². The molecule has 1 aliphatic rings. The Morgan fingerprint density at radius 2 is 1.95 bits per heavy atom. The topological polar surface area (TPSA) is 41.1 Å². The highest BCUT2D eigenvalue weighted by atomic mass is 16.1. The molecule has 1 amide bonds. The van der Waals surface area contributed by atoms with Gasteiger partial charge in [-0.1, -0.05) is 38.1 Å². The summed E-state index contributed by atoms with van der Waals surface area (Å²) in [5.41, 5.74) is 2.64. The Balaban J connectivity index is 1.63. The minimum absolute atomic E-state index is 0.171. The van der Waals surface area contributed by atoms with Crippen molar-refractivity contribution in [2.75, 3.05) is 6.54 Å². The summed E-state index contributed by atoms with van der Waals surface area (Å²) in [5.74, 6) is 0.748. The number of carbonyl (C=O) groups is 1. The predicted molar refractivity (Wildman–Crippen MR) is 78.0 cm³/mol. The van der Waals surface area contributed by atoms with E-state index in [0.717, 1.165) is 25.9 Å². The third-order valence-electron chi connectivity index (χ3n) is 3.45. The second-order valence-electron chi connectivity index (χ2n) is 5.66. The van der Waals surface area contributed by atoms with Crippen LogP contribution in [0.15, 0.2) is 24.3 Å². The number of hydrogen-bond acceptors (Lipinski definition) is 2. The number of amides is 1. The smallest absolute Gasteiger partial charge is 0.221 e. The van der Waals surface area contributed by atoms with Crippen molar-refractivity contribution in [3.63, 3.8) is 0 Å². The first-order valence-corrected chi connectivity index (χ1v) is 7.24. The molecule has 1 aliphatic carbocycles. The molecule has 0 radical (unpaired) electrons. The predicted octanol–water partition coefficient (Wildman–Crippen LogP) is 2.57. The summed E-state index contributed by atoms with van der Waals surface area (Å²) in [4.78, 5) is 11.5. The van der Waals surface area contributed by atoms with Crippen LogP contribution in [0.25, 0.3) is 0 Å². The minimum Gasteiger partial charge on any atom is -0.353 e. The van der Waals surface area contributed by atoms with E-state index in [1.165, 1.54) is 11.1 Å². The molecule has 0 aromatic heterocycles. The molecule has 0 saturated heterocycles. The standard InChI is InChI=1S/C16H24N2O/c1-12(2)14-5-3-13(4-6-14)11-17-10-9-16(19)18-15-7-8-15/h3-6,12,15,17H,7-11H2,1-2H3,(H,18,19). The first-order valence-electron chi connectivity index (χ1n) is 7.24. The highest BCUT2D eigenvalue weighted by molar-refractivity contribution is 5.76. The lowest BCUT2D eigenvalue weighted by atomic mass is 10.0. The summed E-state index contributed by atoms with van der Waals surface area (Å²) in [5, 5.41) is 6.31. The van der Waals surface area contributed by atoms with Crippen molar-refractivity contribution in [2.45, 2.75) is 51.6 Å². The summed E-state index contributed by atoms with van der Waals surface area (Å²) in [6.45, 7) is 5.97. The van der Waals surface area contributed by atoms with Crippen molar-refractivity contribution in [3.05, 3.63) is 35.4 Å². The van der Waals surface area contributed by atoms with Gasteiger partial charge in [0.05, 0.1) is 0 Å². The lowest BCUT2D eigenvalue weighted by Gasteiger charge is -2.08. The molecule has 0 atom stereocenters. The molecule has 1 aromatic rings. The van der Waals surface area contributed by atoms with Crippen molar-refractivity contribution in [2.24, 2.45) is 0 Å². The maximum Gasteiger partial charge on any atom is 0.221 e. The summed E-state index contributed by atoms with van der Waals surface area (Å²) < 4.78 is 0. The molecule has 104 valence electrons. The molecular formula is C16H24N2O. The Morgan fingerprint density at radius 3 is 2.53 bits per heavy atom. The Bertz CT molecular complexity index is 407. The van der Waals surface area contributed by atoms with Gasteiger partial charge in [0.2, 0.25) is 5.91 Å². The SMILES string of the molecule is CC(C)c1ccc(CNCCC(=O)NC2CC2)cc1. The quantitative estimate of drug-likeness (QED) is 0.740. The summed E-state index contributed by atoms with van der Waals surface area (Å²) >= 11 is 0. The molecule has 1 aromatic carbocycles. The second-order valence-corrected chi connectivity index (χ2v) is 5.66. The van der Waals surface area contributed by atoms with Crippen LogP contribution in [0.1, 0.15) is 50.2 Å². The van der Waals surface area contributed by atoms with Crippen LogP contribution < -0.4 is 10.6 Å². The summed E-state index contributed by atoms with van der Waals surface area (Å²) in [6, 6.07) is 9.15. The van der Waals surface area contributed by atoms with Crippen LogP contribution in [0.4, 0.5) is 0 Å². The van der Waals surface area contributed by atoms with Gasteiger partial charge < -0.3 is 10.6 Å². The van der Waals surface area contributed by atoms with Crippen molar-refractivity contribution in [1.29, 1.82) is 0 Å². The molecule has 0 unspecified atom stereocenters. The largest absolute Gasteiger partial charge is 0.353 e. The molecule has 0 spiro atoms. The van der Waals surface area contributed by atoms with Crippen LogP contribution in [-0.2, 0) is 11.3 Å². The number of nitrogens with one attached hydrogen (secondary N) is 2. The van der Waals surface area contributed by atoms with Crippen LogP contribution in [0.3, 0.4) is 0 Å². The molecule has 1 fully saturated rings. The molecule has 3 nitrogen and oxygen atoms in total. The highest BCUT2D eigenvalue weighted by Crippen LogP contribution is 2.18. The molecule has 0 bridgehead atoms. The third-order valence-corrected chi connectivity index (χ3v) is 3.45. The van der Waals surface area contributed by atoms with E-state index in [0.29, 0.717) is 18.4 Å². The maximum absolute atomic E-state index is 11.5. The molecular weight excluding hydrogens is 236 g/mol. The zero-order valence-electron chi connectivity index (χ0n) is 11.9. The number of carbonyl (C=O) groups excluding carboxylic acids is 1. The fraction of sp³-hybridized carbons (Fsp3) is 0.562. The highest BCUT2D eigenvalue weighted by Gasteiger charge is 2.22. The molecule has 2 rings (SSSR count). The first kappa shape index (κ1) is 14.1. The van der Waals surface area contributed by atoms with Gasteiger partial charge in [-0.05, 0) is 29.9 Å². The van der Waals surface area contributed by atoms with Crippen LogP contribution in [-0.4, -0.2) is 18.5 Å². The first-order chi connectivity index (χ1) is 9.15. The fourth-order valence-electron chi connectivity index (χ4n) is 1.98. The van der Waals surface area contributed by atoms with E-state index in [1.807, 2.05) is 0 Å². The average molecular weight is 260 g/mol. The van der Waals surface area contributed by atoms with Gasteiger partial charge in [-0.25, -0.2) is 0 Å². The molecule has 0 heterocycles. The van der Waals surface area contributed by atoms with Gasteiger partial charge in [-0.3, -0.25) is 4.79 Å². The molecule has 1 saturated carbocycles. The van der Waals surface area contributed by atoms with Crippen molar-refractivity contribution >= 4 is 5.91 Å². The Labute approximate surface area is 115 Å². The van der Waals surface area contributed by atoms with Crippen LogP contribution in [0.5, 0.6) is 0 Å². The van der Waals surface area contributed by atoms with E-state index >= 15 is 0 Å². The van der Waals surface area contributed by atoms with Crippen molar-refractivity contribution in [3.8, 4) is 0 Å². The second kappa shape index (κ2) is 6.71. The fourth-order valence-corrected chi connectivity index (χ4v) is 1.98. The molecule has 3 heteroatoms. The Hall–Kier alpha value is -1.35. The van der Waals surface area contributed by atoms with E-state index < -0.39 is 0 Å². The van der Waals surface area contributed by atoms with Gasteiger partial charge in [0.25, 0.3) is 0 Å². The monoisotopic (exact) mass is 260 g/mol. The summed E-state index contributed by atoms with van der Waals surface area (Å²) in [7, 11) is 0. The molecule has 2 N–H and O–H groups in total. The van der Waals surface area contributed by atoms with Gasteiger partial charge >= 0.3 is 0 Å². The van der Waals surface area contributed by atoms with Crippen LogP contribution in [0, 0.1) is 0 Å². The normalized spacial score (nSPS) is 14.7. The minimum atomic E-state index is 0.171. The van der Waals surface area contributed by atoms with Gasteiger partial charge in [0, 0.05) is 25.6 Å².